The number of benzene rings is 2. The Morgan fingerprint density at radius 2 is 1.83 bits per heavy atom. The molecule has 0 unspecified atom stereocenters. The Balaban J connectivity index is 1.14. The number of likely N-dealkylation sites (tertiary alicyclic amines) is 1. The average molecular weight is 598 g/mol. The van der Waals surface area contributed by atoms with Crippen LogP contribution in [0.5, 0.6) is 0 Å². The maximum atomic E-state index is 13.5. The maximum Gasteiger partial charge on any atom is 0.242 e. The van der Waals surface area contributed by atoms with Crippen molar-refractivity contribution in [1.29, 1.82) is 0 Å². The third kappa shape index (κ3) is 7.46. The second-order valence-corrected chi connectivity index (χ2v) is 12.5. The SMILES string of the molecule is Cc1cc(CN2CCC[C@@H](CCN(C)S(=O)(=O)c3ccc(Nc4nccc(Nc5ccc(F)c(F)c5)n4)cc3)C2)no1. The lowest BCUT2D eigenvalue weighted by Crippen LogP contribution is -2.37. The van der Waals surface area contributed by atoms with Crippen LogP contribution in [0.2, 0.25) is 0 Å². The van der Waals surface area contributed by atoms with Crippen LogP contribution in [0.4, 0.5) is 31.9 Å². The summed E-state index contributed by atoms with van der Waals surface area (Å²) in [4.78, 5) is 11.0. The molecule has 42 heavy (non-hydrogen) atoms. The number of rotatable bonds is 11. The minimum atomic E-state index is -3.67. The van der Waals surface area contributed by atoms with Crippen LogP contribution >= 0.6 is 0 Å². The van der Waals surface area contributed by atoms with Crippen molar-refractivity contribution in [2.24, 2.45) is 5.92 Å². The second kappa shape index (κ2) is 12.9. The molecule has 0 saturated carbocycles. The lowest BCUT2D eigenvalue weighted by atomic mass is 9.94. The van der Waals surface area contributed by atoms with E-state index in [1.807, 2.05) is 13.0 Å². The third-order valence-electron chi connectivity index (χ3n) is 7.18. The van der Waals surface area contributed by atoms with E-state index in [4.69, 9.17) is 4.52 Å². The van der Waals surface area contributed by atoms with E-state index in [1.165, 1.54) is 16.6 Å². The molecule has 5 rings (SSSR count). The van der Waals surface area contributed by atoms with Crippen LogP contribution in [0.1, 0.15) is 30.7 Å². The monoisotopic (exact) mass is 597 g/mol. The fraction of sp³-hybridized carbons (Fsp3) is 0.345. The number of nitrogens with one attached hydrogen (secondary N) is 2. The van der Waals surface area contributed by atoms with Crippen molar-refractivity contribution in [1.82, 2.24) is 24.3 Å². The molecule has 2 aromatic carbocycles. The largest absolute Gasteiger partial charge is 0.361 e. The fourth-order valence-corrected chi connectivity index (χ4v) is 6.15. The molecule has 1 aliphatic rings. The van der Waals surface area contributed by atoms with Crippen LogP contribution in [0.15, 0.2) is 70.2 Å². The first-order chi connectivity index (χ1) is 20.2. The number of aryl methyl sites for hydroxylation is 1. The Kier molecular flexibility index (Phi) is 9.09. The van der Waals surface area contributed by atoms with Gasteiger partial charge in [0.25, 0.3) is 0 Å². The highest BCUT2D eigenvalue weighted by atomic mass is 32.2. The molecule has 10 nitrogen and oxygen atoms in total. The summed E-state index contributed by atoms with van der Waals surface area (Å²) >= 11 is 0. The molecule has 0 spiro atoms. The highest BCUT2D eigenvalue weighted by molar-refractivity contribution is 7.89. The average Bonchev–Trinajstić information content (AvgIpc) is 3.38. The van der Waals surface area contributed by atoms with Gasteiger partial charge in [0.05, 0.1) is 10.6 Å². The molecular formula is C29H33F2N7O3S. The van der Waals surface area contributed by atoms with Gasteiger partial charge in [0, 0.05) is 56.4 Å². The van der Waals surface area contributed by atoms with Crippen molar-refractivity contribution in [3.05, 3.63) is 83.9 Å². The van der Waals surface area contributed by atoms with Crippen molar-refractivity contribution in [2.45, 2.75) is 37.6 Å². The summed E-state index contributed by atoms with van der Waals surface area (Å²) in [5.41, 5.74) is 1.84. The third-order valence-corrected chi connectivity index (χ3v) is 9.06. The summed E-state index contributed by atoms with van der Waals surface area (Å²) in [5.74, 6) is -0.0880. The van der Waals surface area contributed by atoms with Gasteiger partial charge in [-0.3, -0.25) is 4.90 Å². The second-order valence-electron chi connectivity index (χ2n) is 10.5. The van der Waals surface area contributed by atoms with Gasteiger partial charge < -0.3 is 15.2 Å². The summed E-state index contributed by atoms with van der Waals surface area (Å²) in [7, 11) is -2.05. The Morgan fingerprint density at radius 1 is 1.05 bits per heavy atom. The Labute approximate surface area is 243 Å². The van der Waals surface area contributed by atoms with Crippen molar-refractivity contribution in [3.63, 3.8) is 0 Å². The predicted octanol–water partition coefficient (Wildman–Crippen LogP) is 5.46. The number of hydrogen-bond donors (Lipinski definition) is 2. The summed E-state index contributed by atoms with van der Waals surface area (Å²) in [6.07, 6.45) is 4.42. The molecule has 2 N–H and O–H groups in total. The lowest BCUT2D eigenvalue weighted by Gasteiger charge is -2.32. The zero-order chi connectivity index (χ0) is 29.7. The van der Waals surface area contributed by atoms with Gasteiger partial charge in [0.1, 0.15) is 11.6 Å². The van der Waals surface area contributed by atoms with Crippen molar-refractivity contribution in [3.8, 4) is 0 Å². The molecule has 1 fully saturated rings. The number of anilines is 4. The molecule has 1 atom stereocenters. The lowest BCUT2D eigenvalue weighted by molar-refractivity contribution is 0.155. The van der Waals surface area contributed by atoms with Gasteiger partial charge in [-0.15, -0.1) is 0 Å². The standard InChI is InChI=1S/C29H33F2N7O3S/c1-20-16-24(36-41-20)19-38-14-3-4-21(18-38)12-15-37(2)42(39,40)25-8-5-22(6-9-25)34-29-32-13-11-28(35-29)33-23-7-10-26(30)27(31)17-23/h5-11,13,16-17,21H,3-4,12,14-15,18-19H2,1-2H3,(H2,32,33,34,35)/t21-/m0/s1. The van der Waals surface area contributed by atoms with Crippen LogP contribution in [0.25, 0.3) is 0 Å². The molecule has 0 amide bonds. The van der Waals surface area contributed by atoms with E-state index in [-0.39, 0.29) is 10.8 Å². The topological polar surface area (TPSA) is 116 Å². The first kappa shape index (κ1) is 29.5. The van der Waals surface area contributed by atoms with Crippen molar-refractivity contribution in [2.75, 3.05) is 37.3 Å². The van der Waals surface area contributed by atoms with Crippen LogP contribution in [0.3, 0.4) is 0 Å². The zero-order valence-corrected chi connectivity index (χ0v) is 24.2. The highest BCUT2D eigenvalue weighted by Gasteiger charge is 2.25. The normalized spacial score (nSPS) is 16.1. The van der Waals surface area contributed by atoms with Crippen molar-refractivity contribution < 1.29 is 21.7 Å². The first-order valence-electron chi connectivity index (χ1n) is 13.7. The highest BCUT2D eigenvalue weighted by Crippen LogP contribution is 2.25. The molecule has 1 saturated heterocycles. The molecule has 222 valence electrons. The summed E-state index contributed by atoms with van der Waals surface area (Å²) in [6.45, 7) is 4.94. The molecular weight excluding hydrogens is 564 g/mol. The molecule has 3 heterocycles. The van der Waals surface area contributed by atoms with Crippen molar-refractivity contribution >= 4 is 33.2 Å². The number of nitrogens with zero attached hydrogens (tertiary/aromatic N) is 5. The van der Waals surface area contributed by atoms with E-state index >= 15 is 0 Å². The number of piperidine rings is 1. The number of hydrogen-bond acceptors (Lipinski definition) is 9. The minimum absolute atomic E-state index is 0.192. The Bertz CT molecular complexity index is 1620. The quantitative estimate of drug-likeness (QED) is 0.232. The predicted molar refractivity (Wildman–Crippen MR) is 155 cm³/mol. The maximum absolute atomic E-state index is 13.5. The minimum Gasteiger partial charge on any atom is -0.361 e. The van der Waals surface area contributed by atoms with E-state index in [9.17, 15) is 17.2 Å². The molecule has 1 aliphatic heterocycles. The first-order valence-corrected chi connectivity index (χ1v) is 15.1. The number of halogens is 2. The van der Waals surface area contributed by atoms with Gasteiger partial charge >= 0.3 is 0 Å². The van der Waals surface area contributed by atoms with Gasteiger partial charge in [0.15, 0.2) is 11.6 Å². The van der Waals surface area contributed by atoms with E-state index in [1.54, 1.807) is 37.4 Å². The van der Waals surface area contributed by atoms with Gasteiger partial charge in [-0.1, -0.05) is 5.16 Å². The number of sulfonamides is 1. The van der Waals surface area contributed by atoms with Gasteiger partial charge in [0.2, 0.25) is 16.0 Å². The molecule has 0 radical (unpaired) electrons. The summed E-state index contributed by atoms with van der Waals surface area (Å²) in [6, 6.07) is 13.4. The van der Waals surface area contributed by atoms with E-state index < -0.39 is 21.7 Å². The number of aromatic nitrogens is 3. The van der Waals surface area contributed by atoms with E-state index in [0.717, 1.165) is 62.5 Å². The smallest absolute Gasteiger partial charge is 0.242 e. The van der Waals surface area contributed by atoms with Crippen LogP contribution in [-0.4, -0.2) is 59.4 Å². The van der Waals surface area contributed by atoms with Gasteiger partial charge in [-0.2, -0.15) is 4.98 Å². The van der Waals surface area contributed by atoms with E-state index in [2.05, 4.69) is 30.7 Å². The Morgan fingerprint density at radius 3 is 2.57 bits per heavy atom. The zero-order valence-electron chi connectivity index (χ0n) is 23.4. The van der Waals surface area contributed by atoms with Gasteiger partial charge in [-0.25, -0.2) is 26.5 Å². The molecule has 13 heteroatoms. The molecule has 0 bridgehead atoms. The van der Waals surface area contributed by atoms with Crippen LogP contribution < -0.4 is 10.6 Å². The fourth-order valence-electron chi connectivity index (χ4n) is 4.97. The summed E-state index contributed by atoms with van der Waals surface area (Å²) < 4.78 is 59.8. The summed E-state index contributed by atoms with van der Waals surface area (Å²) in [5, 5.41) is 10.0. The van der Waals surface area contributed by atoms with Crippen LogP contribution in [-0.2, 0) is 16.6 Å². The van der Waals surface area contributed by atoms with Gasteiger partial charge in [-0.05, 0) is 81.1 Å². The van der Waals surface area contributed by atoms with E-state index in [0.29, 0.717) is 29.7 Å². The molecule has 0 aliphatic carbocycles. The molecule has 2 aromatic heterocycles. The Hall–Kier alpha value is -3.94. The molecule has 4 aromatic rings. The van der Waals surface area contributed by atoms with Crippen LogP contribution in [0, 0.1) is 24.5 Å².